The average molecular weight is 579 g/mol. The number of rotatable bonds is 12. The Morgan fingerprint density at radius 3 is 1.56 bits per heavy atom. The van der Waals surface area contributed by atoms with Gasteiger partial charge in [-0.05, 0) is 91.4 Å². The Balaban J connectivity index is 1.30. The first-order valence-corrected chi connectivity index (χ1v) is 14.8. The maximum absolute atomic E-state index is 12.7. The minimum Gasteiger partial charge on any atom is -0.459 e. The Bertz CT molecular complexity index is 1490. The fourth-order valence-corrected chi connectivity index (χ4v) is 4.83. The van der Waals surface area contributed by atoms with E-state index in [2.05, 4.69) is 13.8 Å². The summed E-state index contributed by atoms with van der Waals surface area (Å²) in [6, 6.07) is 30.0. The second-order valence-corrected chi connectivity index (χ2v) is 10.7. The summed E-state index contributed by atoms with van der Waals surface area (Å²) in [4.78, 5) is 37.8. The largest absolute Gasteiger partial charge is 0.459 e. The lowest BCUT2D eigenvalue weighted by Crippen LogP contribution is -2.18. The highest BCUT2D eigenvalue weighted by atomic mass is 16.5. The number of hydrogen-bond acceptors (Lipinski definition) is 6. The number of carbonyl (C=O) groups excluding carboxylic acids is 3. The summed E-state index contributed by atoms with van der Waals surface area (Å²) < 4.78 is 16.7. The van der Waals surface area contributed by atoms with Gasteiger partial charge in [0.2, 0.25) is 0 Å². The van der Waals surface area contributed by atoms with Gasteiger partial charge in [0.05, 0.1) is 22.8 Å². The average Bonchev–Trinajstić information content (AvgIpc) is 3.04. The number of ether oxygens (including phenoxy) is 3. The van der Waals surface area contributed by atoms with Crippen LogP contribution in [0.15, 0.2) is 103 Å². The SMILES string of the molecule is CCC(CC)C[C@@H](C)OC(=O)c1ccc(-c2ccc(C(=O)Oc3ccc(C(=O)O[C@H](C)c4ccccc4)cc3)cc2)cc1. The lowest BCUT2D eigenvalue weighted by molar-refractivity contribution is 0.0283. The Kier molecular flexibility index (Phi) is 10.9. The van der Waals surface area contributed by atoms with Crippen LogP contribution in [0.4, 0.5) is 0 Å². The molecule has 0 unspecified atom stereocenters. The van der Waals surface area contributed by atoms with Crippen LogP contribution in [-0.2, 0) is 9.47 Å². The fourth-order valence-electron chi connectivity index (χ4n) is 4.83. The van der Waals surface area contributed by atoms with Crippen LogP contribution in [0.3, 0.4) is 0 Å². The number of hydrogen-bond donors (Lipinski definition) is 0. The third-order valence-electron chi connectivity index (χ3n) is 7.56. The molecule has 6 heteroatoms. The monoisotopic (exact) mass is 578 g/mol. The summed E-state index contributed by atoms with van der Waals surface area (Å²) in [6.07, 6.45) is 2.49. The van der Waals surface area contributed by atoms with Gasteiger partial charge < -0.3 is 14.2 Å². The van der Waals surface area contributed by atoms with E-state index in [0.29, 0.717) is 28.4 Å². The Labute approximate surface area is 253 Å². The first-order valence-electron chi connectivity index (χ1n) is 14.8. The molecule has 0 aromatic heterocycles. The van der Waals surface area contributed by atoms with E-state index in [0.717, 1.165) is 36.0 Å². The summed E-state index contributed by atoms with van der Waals surface area (Å²) in [5, 5.41) is 0. The molecule has 4 aromatic rings. The Morgan fingerprint density at radius 1 is 0.581 bits per heavy atom. The number of benzene rings is 4. The van der Waals surface area contributed by atoms with Gasteiger partial charge in [-0.3, -0.25) is 0 Å². The minimum atomic E-state index is -0.514. The molecular formula is C37H38O6. The summed E-state index contributed by atoms with van der Waals surface area (Å²) in [6.45, 7) is 8.07. The van der Waals surface area contributed by atoms with Gasteiger partial charge in [-0.2, -0.15) is 0 Å². The van der Waals surface area contributed by atoms with E-state index < -0.39 is 11.9 Å². The minimum absolute atomic E-state index is 0.132. The quantitative estimate of drug-likeness (QED) is 0.123. The van der Waals surface area contributed by atoms with Crippen molar-refractivity contribution in [2.24, 2.45) is 5.92 Å². The molecule has 0 saturated carbocycles. The van der Waals surface area contributed by atoms with Crippen LogP contribution < -0.4 is 4.74 Å². The molecule has 0 saturated heterocycles. The standard InChI is InChI=1S/C37H38O6/c1-5-27(6-2)24-25(3)41-35(38)31-16-12-29(13-17-31)30-14-18-32(19-15-30)37(40)43-34-22-20-33(21-23-34)36(39)42-26(4)28-10-8-7-9-11-28/h7-23,25-27H,5-6,24H2,1-4H3/t25-,26-/m1/s1. The molecule has 4 rings (SSSR count). The van der Waals surface area contributed by atoms with Crippen molar-refractivity contribution in [3.63, 3.8) is 0 Å². The van der Waals surface area contributed by atoms with Gasteiger partial charge >= 0.3 is 17.9 Å². The zero-order valence-electron chi connectivity index (χ0n) is 25.1. The van der Waals surface area contributed by atoms with Gasteiger partial charge in [-0.25, -0.2) is 14.4 Å². The molecule has 4 aromatic carbocycles. The van der Waals surface area contributed by atoms with E-state index in [9.17, 15) is 14.4 Å². The third kappa shape index (κ3) is 8.65. The Hall–Kier alpha value is -4.71. The van der Waals surface area contributed by atoms with Crippen molar-refractivity contribution in [3.8, 4) is 16.9 Å². The van der Waals surface area contributed by atoms with E-state index in [4.69, 9.17) is 14.2 Å². The first kappa shape index (κ1) is 31.2. The molecule has 0 spiro atoms. The normalized spacial score (nSPS) is 12.3. The van der Waals surface area contributed by atoms with Crippen molar-refractivity contribution in [2.45, 2.75) is 59.2 Å². The van der Waals surface area contributed by atoms with Gasteiger partial charge in [0.15, 0.2) is 0 Å². The molecule has 6 nitrogen and oxygen atoms in total. The molecule has 2 atom stereocenters. The van der Waals surface area contributed by atoms with Crippen LogP contribution in [-0.4, -0.2) is 24.0 Å². The Morgan fingerprint density at radius 2 is 1.05 bits per heavy atom. The lowest BCUT2D eigenvalue weighted by atomic mass is 9.97. The first-order chi connectivity index (χ1) is 20.8. The van der Waals surface area contributed by atoms with E-state index in [1.807, 2.05) is 68.4 Å². The third-order valence-corrected chi connectivity index (χ3v) is 7.56. The van der Waals surface area contributed by atoms with Gasteiger partial charge in [0, 0.05) is 0 Å². The van der Waals surface area contributed by atoms with E-state index in [1.165, 1.54) is 0 Å². The highest BCUT2D eigenvalue weighted by Gasteiger charge is 2.17. The van der Waals surface area contributed by atoms with Crippen molar-refractivity contribution in [1.29, 1.82) is 0 Å². The van der Waals surface area contributed by atoms with Crippen LogP contribution in [0.1, 0.15) is 89.7 Å². The molecule has 222 valence electrons. The second kappa shape index (κ2) is 15.0. The smallest absolute Gasteiger partial charge is 0.343 e. The molecule has 43 heavy (non-hydrogen) atoms. The molecule has 0 amide bonds. The molecule has 0 radical (unpaired) electrons. The van der Waals surface area contributed by atoms with Crippen LogP contribution in [0.2, 0.25) is 0 Å². The summed E-state index contributed by atoms with van der Waals surface area (Å²) >= 11 is 0. The molecular weight excluding hydrogens is 540 g/mol. The highest BCUT2D eigenvalue weighted by molar-refractivity contribution is 5.93. The predicted molar refractivity (Wildman–Crippen MR) is 167 cm³/mol. The van der Waals surface area contributed by atoms with Gasteiger partial charge in [-0.15, -0.1) is 0 Å². The molecule has 0 aliphatic carbocycles. The van der Waals surface area contributed by atoms with Gasteiger partial charge in [0.1, 0.15) is 11.9 Å². The number of esters is 3. The molecule has 0 N–H and O–H groups in total. The van der Waals surface area contributed by atoms with E-state index in [-0.39, 0.29) is 18.2 Å². The van der Waals surface area contributed by atoms with Crippen LogP contribution >= 0.6 is 0 Å². The van der Waals surface area contributed by atoms with E-state index in [1.54, 1.807) is 48.5 Å². The van der Waals surface area contributed by atoms with E-state index >= 15 is 0 Å². The van der Waals surface area contributed by atoms with Crippen molar-refractivity contribution in [3.05, 3.63) is 125 Å². The zero-order chi connectivity index (χ0) is 30.8. The molecule has 0 bridgehead atoms. The zero-order valence-corrected chi connectivity index (χ0v) is 25.1. The maximum Gasteiger partial charge on any atom is 0.343 e. The highest BCUT2D eigenvalue weighted by Crippen LogP contribution is 2.24. The summed E-state index contributed by atoms with van der Waals surface area (Å²) in [5.41, 5.74) is 3.96. The molecule has 0 heterocycles. The van der Waals surface area contributed by atoms with Gasteiger partial charge in [-0.1, -0.05) is 81.3 Å². The van der Waals surface area contributed by atoms with Crippen molar-refractivity contribution >= 4 is 17.9 Å². The second-order valence-electron chi connectivity index (χ2n) is 10.7. The number of carbonyl (C=O) groups is 3. The van der Waals surface area contributed by atoms with Crippen molar-refractivity contribution in [2.75, 3.05) is 0 Å². The predicted octanol–water partition coefficient (Wildman–Crippen LogP) is 8.86. The van der Waals surface area contributed by atoms with Crippen LogP contribution in [0, 0.1) is 5.92 Å². The maximum atomic E-state index is 12.7. The van der Waals surface area contributed by atoms with Crippen molar-refractivity contribution in [1.82, 2.24) is 0 Å². The molecule has 0 aliphatic heterocycles. The lowest BCUT2D eigenvalue weighted by Gasteiger charge is -2.18. The molecule has 0 aliphatic rings. The fraction of sp³-hybridized carbons (Fsp3) is 0.270. The van der Waals surface area contributed by atoms with Gasteiger partial charge in [0.25, 0.3) is 0 Å². The van der Waals surface area contributed by atoms with Crippen LogP contribution in [0.25, 0.3) is 11.1 Å². The summed E-state index contributed by atoms with van der Waals surface area (Å²) in [5.74, 6) is -0.425. The van der Waals surface area contributed by atoms with Crippen molar-refractivity contribution < 1.29 is 28.6 Å². The van der Waals surface area contributed by atoms with Crippen LogP contribution in [0.5, 0.6) is 5.75 Å². The summed E-state index contributed by atoms with van der Waals surface area (Å²) in [7, 11) is 0. The topological polar surface area (TPSA) is 78.9 Å². The molecule has 0 fully saturated rings.